The number of urea groups is 1. The van der Waals surface area contributed by atoms with Crippen LogP contribution in [0.3, 0.4) is 0 Å². The Balaban J connectivity index is 1.51. The maximum atomic E-state index is 12.9. The second kappa shape index (κ2) is 8.27. The van der Waals surface area contributed by atoms with Crippen LogP contribution in [0.25, 0.3) is 0 Å². The molecule has 7 nitrogen and oxygen atoms in total. The molecule has 1 N–H and O–H groups in total. The van der Waals surface area contributed by atoms with Gasteiger partial charge in [-0.2, -0.15) is 0 Å². The number of hydrogen-bond acceptors (Lipinski definition) is 5. The average Bonchev–Trinajstić information content (AvgIpc) is 2.74. The lowest BCUT2D eigenvalue weighted by atomic mass is 9.98. The van der Waals surface area contributed by atoms with E-state index >= 15 is 0 Å². The maximum absolute atomic E-state index is 12.9. The number of fused-ring (bicyclic) bond motifs is 1. The number of carbonyl (C=O) groups excluding carboxylic acids is 1. The van der Waals surface area contributed by atoms with Gasteiger partial charge in [0.05, 0.1) is 19.3 Å². The highest BCUT2D eigenvalue weighted by atomic mass is 16.5. The van der Waals surface area contributed by atoms with Crippen LogP contribution >= 0.6 is 0 Å². The quantitative estimate of drug-likeness (QED) is 0.860. The van der Waals surface area contributed by atoms with Gasteiger partial charge in [-0.1, -0.05) is 6.92 Å². The molecule has 2 aliphatic heterocycles. The Hall–Kier alpha value is -2.83. The van der Waals surface area contributed by atoms with Crippen LogP contribution < -0.4 is 15.0 Å². The standard InChI is InChI=1S/C22H29N5O2/c1-15-8-11-26(12-9-15)21-19-14-27(13-10-20(19)23-16(2)24-21)22(28)25-17-4-6-18(29-3)7-5-17/h4-7,15H,8-14H2,1-3H3,(H,25,28). The lowest BCUT2D eigenvalue weighted by Gasteiger charge is -2.36. The summed E-state index contributed by atoms with van der Waals surface area (Å²) in [4.78, 5) is 26.5. The normalized spacial score (nSPS) is 17.1. The molecule has 2 aliphatic rings. The van der Waals surface area contributed by atoms with Crippen LogP contribution in [0.2, 0.25) is 0 Å². The molecule has 1 fully saturated rings. The molecule has 2 amide bonds. The third-order valence-electron chi connectivity index (χ3n) is 5.86. The number of carbonyl (C=O) groups is 1. The van der Waals surface area contributed by atoms with Crippen LogP contribution in [0, 0.1) is 12.8 Å². The molecule has 2 aromatic rings. The predicted molar refractivity (Wildman–Crippen MR) is 114 cm³/mol. The molecule has 3 heterocycles. The average molecular weight is 396 g/mol. The van der Waals surface area contributed by atoms with Crippen LogP contribution in [0.15, 0.2) is 24.3 Å². The molecule has 1 saturated heterocycles. The summed E-state index contributed by atoms with van der Waals surface area (Å²) in [6, 6.07) is 7.28. The molecular weight excluding hydrogens is 366 g/mol. The molecule has 0 aliphatic carbocycles. The van der Waals surface area contributed by atoms with Crippen LogP contribution in [0.1, 0.15) is 36.8 Å². The number of nitrogens with one attached hydrogen (secondary N) is 1. The van der Waals surface area contributed by atoms with Gasteiger partial charge in [-0.3, -0.25) is 0 Å². The fraction of sp³-hybridized carbons (Fsp3) is 0.500. The Bertz CT molecular complexity index is 876. The van der Waals surface area contributed by atoms with Crippen molar-refractivity contribution in [2.75, 3.05) is 37.0 Å². The fourth-order valence-electron chi connectivity index (χ4n) is 4.05. The van der Waals surface area contributed by atoms with Gasteiger partial charge in [0.25, 0.3) is 0 Å². The second-order valence-corrected chi connectivity index (χ2v) is 8.02. The number of hydrogen-bond donors (Lipinski definition) is 1. The van der Waals surface area contributed by atoms with Crippen molar-refractivity contribution in [1.82, 2.24) is 14.9 Å². The number of amides is 2. The summed E-state index contributed by atoms with van der Waals surface area (Å²) in [6.07, 6.45) is 3.12. The molecule has 29 heavy (non-hydrogen) atoms. The number of ether oxygens (including phenoxy) is 1. The van der Waals surface area contributed by atoms with Gasteiger partial charge < -0.3 is 19.9 Å². The van der Waals surface area contributed by atoms with Crippen molar-refractivity contribution in [2.24, 2.45) is 5.92 Å². The van der Waals surface area contributed by atoms with E-state index in [1.54, 1.807) is 7.11 Å². The topological polar surface area (TPSA) is 70.6 Å². The van der Waals surface area contributed by atoms with Crippen molar-refractivity contribution >= 4 is 17.5 Å². The highest BCUT2D eigenvalue weighted by molar-refractivity contribution is 5.89. The van der Waals surface area contributed by atoms with Crippen molar-refractivity contribution in [1.29, 1.82) is 0 Å². The maximum Gasteiger partial charge on any atom is 0.322 e. The van der Waals surface area contributed by atoms with E-state index in [4.69, 9.17) is 9.72 Å². The van der Waals surface area contributed by atoms with Gasteiger partial charge in [-0.25, -0.2) is 14.8 Å². The summed E-state index contributed by atoms with van der Waals surface area (Å²) < 4.78 is 5.17. The van der Waals surface area contributed by atoms with Gasteiger partial charge in [-0.05, 0) is 49.9 Å². The number of nitrogens with zero attached hydrogens (tertiary/aromatic N) is 4. The van der Waals surface area contributed by atoms with Crippen molar-refractivity contribution in [3.63, 3.8) is 0 Å². The minimum Gasteiger partial charge on any atom is -0.497 e. The fourth-order valence-corrected chi connectivity index (χ4v) is 4.05. The zero-order valence-electron chi connectivity index (χ0n) is 17.4. The number of methoxy groups -OCH3 is 1. The Labute approximate surface area is 172 Å². The first-order valence-electron chi connectivity index (χ1n) is 10.3. The van der Waals surface area contributed by atoms with Crippen molar-refractivity contribution in [3.05, 3.63) is 41.3 Å². The van der Waals surface area contributed by atoms with Gasteiger partial charge in [0.15, 0.2) is 0 Å². The van der Waals surface area contributed by atoms with Gasteiger partial charge in [0, 0.05) is 37.3 Å². The molecule has 1 aromatic heterocycles. The number of benzene rings is 1. The van der Waals surface area contributed by atoms with E-state index in [0.29, 0.717) is 13.1 Å². The van der Waals surface area contributed by atoms with Crippen LogP contribution in [0.5, 0.6) is 5.75 Å². The Kier molecular flexibility index (Phi) is 5.56. The minimum absolute atomic E-state index is 0.0976. The molecule has 1 aromatic carbocycles. The Morgan fingerprint density at radius 1 is 1.14 bits per heavy atom. The number of aromatic nitrogens is 2. The number of aryl methyl sites for hydroxylation is 1. The van der Waals surface area contributed by atoms with E-state index in [-0.39, 0.29) is 6.03 Å². The summed E-state index contributed by atoms with van der Waals surface area (Å²) in [5.41, 5.74) is 2.94. The molecule has 0 atom stereocenters. The van der Waals surface area contributed by atoms with Crippen LogP contribution in [-0.2, 0) is 13.0 Å². The smallest absolute Gasteiger partial charge is 0.322 e. The summed E-state index contributed by atoms with van der Waals surface area (Å²) in [5, 5.41) is 2.99. The Morgan fingerprint density at radius 2 is 1.86 bits per heavy atom. The molecule has 0 saturated carbocycles. The molecule has 7 heteroatoms. The van der Waals surface area contributed by atoms with Crippen LogP contribution in [-0.4, -0.2) is 47.6 Å². The third-order valence-corrected chi connectivity index (χ3v) is 5.86. The van der Waals surface area contributed by atoms with E-state index in [2.05, 4.69) is 22.1 Å². The largest absolute Gasteiger partial charge is 0.497 e. The first-order valence-corrected chi connectivity index (χ1v) is 10.3. The third kappa shape index (κ3) is 4.28. The van der Waals surface area contributed by atoms with E-state index in [1.165, 1.54) is 12.8 Å². The minimum atomic E-state index is -0.0976. The zero-order valence-corrected chi connectivity index (χ0v) is 17.4. The van der Waals surface area contributed by atoms with Gasteiger partial charge in [0.2, 0.25) is 0 Å². The predicted octanol–water partition coefficient (Wildman–Crippen LogP) is 3.62. The van der Waals surface area contributed by atoms with E-state index in [9.17, 15) is 4.79 Å². The van der Waals surface area contributed by atoms with Gasteiger partial charge >= 0.3 is 6.03 Å². The number of piperidine rings is 1. The summed E-state index contributed by atoms with van der Waals surface area (Å²) in [7, 11) is 1.63. The molecule has 0 spiro atoms. The first-order chi connectivity index (χ1) is 14.0. The molecule has 4 rings (SSSR count). The SMILES string of the molecule is COc1ccc(NC(=O)N2CCc3nc(C)nc(N4CCC(C)CC4)c3C2)cc1. The van der Waals surface area contributed by atoms with Crippen molar-refractivity contribution in [2.45, 2.75) is 39.7 Å². The van der Waals surface area contributed by atoms with Crippen LogP contribution in [0.4, 0.5) is 16.3 Å². The van der Waals surface area contributed by atoms with Crippen molar-refractivity contribution in [3.8, 4) is 5.75 Å². The second-order valence-electron chi connectivity index (χ2n) is 8.02. The van der Waals surface area contributed by atoms with E-state index in [1.807, 2.05) is 36.1 Å². The van der Waals surface area contributed by atoms with Crippen molar-refractivity contribution < 1.29 is 9.53 Å². The number of anilines is 2. The highest BCUT2D eigenvalue weighted by Gasteiger charge is 2.28. The Morgan fingerprint density at radius 3 is 2.55 bits per heavy atom. The molecular formula is C22H29N5O2. The number of rotatable bonds is 3. The van der Waals surface area contributed by atoms with E-state index in [0.717, 1.165) is 59.8 Å². The summed E-state index contributed by atoms with van der Waals surface area (Å²) >= 11 is 0. The zero-order chi connectivity index (χ0) is 20.4. The molecule has 0 bridgehead atoms. The molecule has 0 unspecified atom stereocenters. The van der Waals surface area contributed by atoms with Gasteiger partial charge in [0.1, 0.15) is 17.4 Å². The molecule has 0 radical (unpaired) electrons. The van der Waals surface area contributed by atoms with E-state index < -0.39 is 0 Å². The molecule has 154 valence electrons. The summed E-state index contributed by atoms with van der Waals surface area (Å²) in [6.45, 7) is 7.49. The summed E-state index contributed by atoms with van der Waals surface area (Å²) in [5.74, 6) is 3.36. The lowest BCUT2D eigenvalue weighted by molar-refractivity contribution is 0.206. The first kappa shape index (κ1) is 19.5. The lowest BCUT2D eigenvalue weighted by Crippen LogP contribution is -2.41. The highest BCUT2D eigenvalue weighted by Crippen LogP contribution is 2.30. The monoisotopic (exact) mass is 395 g/mol. The van der Waals surface area contributed by atoms with Gasteiger partial charge in [-0.15, -0.1) is 0 Å².